The Morgan fingerprint density at radius 2 is 2.25 bits per heavy atom. The van der Waals surface area contributed by atoms with Crippen LogP contribution >= 0.6 is 11.6 Å². The Hall–Kier alpha value is -0.770. The molecule has 20 heavy (non-hydrogen) atoms. The van der Waals surface area contributed by atoms with E-state index in [1.807, 2.05) is 0 Å². The van der Waals surface area contributed by atoms with Crippen LogP contribution in [0.4, 0.5) is 5.69 Å². The summed E-state index contributed by atoms with van der Waals surface area (Å²) in [6.45, 7) is 7.14. The number of hydrogen-bond acceptors (Lipinski definition) is 3. The molecule has 1 fully saturated rings. The van der Waals surface area contributed by atoms with Gasteiger partial charge in [-0.2, -0.15) is 0 Å². The van der Waals surface area contributed by atoms with Gasteiger partial charge in [-0.15, -0.1) is 0 Å². The number of ether oxygens (including phenoxy) is 1. The minimum atomic E-state index is 0.321. The monoisotopic (exact) mass is 296 g/mol. The van der Waals surface area contributed by atoms with E-state index in [4.69, 9.17) is 16.3 Å². The molecule has 0 aromatic heterocycles. The highest BCUT2D eigenvalue weighted by atomic mass is 35.5. The minimum absolute atomic E-state index is 0.321. The van der Waals surface area contributed by atoms with E-state index in [2.05, 4.69) is 42.3 Å². The third-order valence-electron chi connectivity index (χ3n) is 3.78. The van der Waals surface area contributed by atoms with Crippen LogP contribution in [-0.4, -0.2) is 32.3 Å². The van der Waals surface area contributed by atoms with Gasteiger partial charge in [0.1, 0.15) is 0 Å². The summed E-state index contributed by atoms with van der Waals surface area (Å²) in [6, 6.07) is 6.85. The van der Waals surface area contributed by atoms with Gasteiger partial charge < -0.3 is 15.0 Å². The van der Waals surface area contributed by atoms with Crippen molar-refractivity contribution >= 4 is 17.3 Å². The Bertz CT molecular complexity index is 436. The van der Waals surface area contributed by atoms with Gasteiger partial charge in [0.2, 0.25) is 0 Å². The van der Waals surface area contributed by atoms with Crippen molar-refractivity contribution in [2.45, 2.75) is 45.4 Å². The largest absolute Gasteiger partial charge is 0.380 e. The molecule has 1 aromatic rings. The van der Waals surface area contributed by atoms with Gasteiger partial charge >= 0.3 is 0 Å². The molecule has 0 bridgehead atoms. The highest BCUT2D eigenvalue weighted by Gasteiger charge is 2.21. The van der Waals surface area contributed by atoms with Crippen LogP contribution in [0.25, 0.3) is 0 Å². The molecule has 1 saturated heterocycles. The lowest BCUT2D eigenvalue weighted by Gasteiger charge is -2.34. The molecule has 1 aliphatic heterocycles. The molecular formula is C16H25ClN2O. The maximum absolute atomic E-state index is 6.46. The summed E-state index contributed by atoms with van der Waals surface area (Å²) in [4.78, 5) is 2.33. The standard InChI is InChI=1S/C16H25ClN2O/c1-12(2)18-10-13-6-7-16(15(17)9-13)19-8-4-5-14(11-19)20-3/h6-7,9,12,14,18H,4-5,8,10-11H2,1-3H3. The van der Waals surface area contributed by atoms with Crippen LogP contribution < -0.4 is 10.2 Å². The molecule has 1 aliphatic rings. The highest BCUT2D eigenvalue weighted by Crippen LogP contribution is 2.29. The average molecular weight is 297 g/mol. The average Bonchev–Trinajstić information content (AvgIpc) is 2.45. The topological polar surface area (TPSA) is 24.5 Å². The van der Waals surface area contributed by atoms with Crippen molar-refractivity contribution in [2.24, 2.45) is 0 Å². The summed E-state index contributed by atoms with van der Waals surface area (Å²) >= 11 is 6.46. The molecule has 0 amide bonds. The van der Waals surface area contributed by atoms with Gasteiger partial charge in [0.15, 0.2) is 0 Å². The zero-order chi connectivity index (χ0) is 14.5. The zero-order valence-corrected chi connectivity index (χ0v) is 13.4. The van der Waals surface area contributed by atoms with Crippen LogP contribution in [0.2, 0.25) is 5.02 Å². The van der Waals surface area contributed by atoms with Gasteiger partial charge in [0.25, 0.3) is 0 Å². The number of hydrogen-bond donors (Lipinski definition) is 1. The molecule has 4 heteroatoms. The molecule has 1 atom stereocenters. The molecule has 1 aromatic carbocycles. The van der Waals surface area contributed by atoms with E-state index >= 15 is 0 Å². The van der Waals surface area contributed by atoms with Gasteiger partial charge in [-0.05, 0) is 30.5 Å². The summed E-state index contributed by atoms with van der Waals surface area (Å²) < 4.78 is 5.48. The molecular weight excluding hydrogens is 272 g/mol. The molecule has 1 unspecified atom stereocenters. The Morgan fingerprint density at radius 1 is 1.45 bits per heavy atom. The van der Waals surface area contributed by atoms with Crippen molar-refractivity contribution in [1.82, 2.24) is 5.32 Å². The van der Waals surface area contributed by atoms with E-state index in [1.165, 1.54) is 5.56 Å². The van der Waals surface area contributed by atoms with E-state index in [1.54, 1.807) is 7.11 Å². The summed E-state index contributed by atoms with van der Waals surface area (Å²) in [7, 11) is 1.79. The number of anilines is 1. The second kappa shape index (κ2) is 7.30. The zero-order valence-electron chi connectivity index (χ0n) is 12.7. The third-order valence-corrected chi connectivity index (χ3v) is 4.08. The Morgan fingerprint density at radius 3 is 2.90 bits per heavy atom. The maximum atomic E-state index is 6.46. The molecule has 1 heterocycles. The van der Waals surface area contributed by atoms with Crippen LogP contribution in [0.5, 0.6) is 0 Å². The van der Waals surface area contributed by atoms with E-state index < -0.39 is 0 Å². The highest BCUT2D eigenvalue weighted by molar-refractivity contribution is 6.33. The molecule has 2 rings (SSSR count). The number of nitrogens with zero attached hydrogens (tertiary/aromatic N) is 1. The second-order valence-electron chi connectivity index (χ2n) is 5.77. The number of rotatable bonds is 5. The first-order valence-electron chi connectivity index (χ1n) is 7.39. The fraction of sp³-hybridized carbons (Fsp3) is 0.625. The Balaban J connectivity index is 2.05. The van der Waals surface area contributed by atoms with Crippen molar-refractivity contribution in [1.29, 1.82) is 0 Å². The number of nitrogens with one attached hydrogen (secondary N) is 1. The predicted octanol–water partition coefficient (Wildman–Crippen LogP) is 3.45. The lowest BCUT2D eigenvalue weighted by Crippen LogP contribution is -2.39. The fourth-order valence-corrected chi connectivity index (χ4v) is 2.91. The molecule has 0 aliphatic carbocycles. The van der Waals surface area contributed by atoms with Gasteiger partial charge in [-0.25, -0.2) is 0 Å². The van der Waals surface area contributed by atoms with Crippen LogP contribution in [0.1, 0.15) is 32.3 Å². The van der Waals surface area contributed by atoms with Gasteiger partial charge in [-0.3, -0.25) is 0 Å². The first-order chi connectivity index (χ1) is 9.60. The van der Waals surface area contributed by atoms with Crippen molar-refractivity contribution in [3.63, 3.8) is 0 Å². The fourth-order valence-electron chi connectivity index (χ4n) is 2.59. The first kappa shape index (κ1) is 15.6. The summed E-state index contributed by atoms with van der Waals surface area (Å²) in [6.07, 6.45) is 2.62. The summed E-state index contributed by atoms with van der Waals surface area (Å²) in [5, 5.41) is 4.25. The predicted molar refractivity (Wildman–Crippen MR) is 85.7 cm³/mol. The number of benzene rings is 1. The minimum Gasteiger partial charge on any atom is -0.380 e. The van der Waals surface area contributed by atoms with E-state index in [0.29, 0.717) is 12.1 Å². The van der Waals surface area contributed by atoms with Gasteiger partial charge in [0.05, 0.1) is 16.8 Å². The third kappa shape index (κ3) is 4.11. The Labute approximate surface area is 127 Å². The number of methoxy groups -OCH3 is 1. The van der Waals surface area contributed by atoms with Gasteiger partial charge in [0, 0.05) is 32.8 Å². The van der Waals surface area contributed by atoms with E-state index in [9.17, 15) is 0 Å². The second-order valence-corrected chi connectivity index (χ2v) is 6.17. The van der Waals surface area contributed by atoms with Crippen molar-refractivity contribution in [3.05, 3.63) is 28.8 Å². The van der Waals surface area contributed by atoms with Crippen molar-refractivity contribution in [2.75, 3.05) is 25.1 Å². The number of piperidine rings is 1. The molecule has 3 nitrogen and oxygen atoms in total. The van der Waals surface area contributed by atoms with Crippen LogP contribution in [0, 0.1) is 0 Å². The summed E-state index contributed by atoms with van der Waals surface area (Å²) in [5.74, 6) is 0. The van der Waals surface area contributed by atoms with Crippen LogP contribution in [0.15, 0.2) is 18.2 Å². The molecule has 0 radical (unpaired) electrons. The van der Waals surface area contributed by atoms with Crippen LogP contribution in [0.3, 0.4) is 0 Å². The lowest BCUT2D eigenvalue weighted by molar-refractivity contribution is 0.0893. The molecule has 0 spiro atoms. The summed E-state index contributed by atoms with van der Waals surface area (Å²) in [5.41, 5.74) is 2.36. The maximum Gasteiger partial charge on any atom is 0.0746 e. The lowest BCUT2D eigenvalue weighted by atomic mass is 10.1. The molecule has 112 valence electrons. The number of halogens is 1. The van der Waals surface area contributed by atoms with Crippen molar-refractivity contribution < 1.29 is 4.74 Å². The van der Waals surface area contributed by atoms with Crippen LogP contribution in [-0.2, 0) is 11.3 Å². The van der Waals surface area contributed by atoms with Gasteiger partial charge in [-0.1, -0.05) is 31.5 Å². The first-order valence-corrected chi connectivity index (χ1v) is 7.77. The molecule has 0 saturated carbocycles. The quantitative estimate of drug-likeness (QED) is 0.901. The van der Waals surface area contributed by atoms with Crippen molar-refractivity contribution in [3.8, 4) is 0 Å². The smallest absolute Gasteiger partial charge is 0.0746 e. The SMILES string of the molecule is COC1CCCN(c2ccc(CNC(C)C)cc2Cl)C1. The normalized spacial score (nSPS) is 19.6. The van der Waals surface area contributed by atoms with E-state index in [0.717, 1.165) is 43.2 Å². The van der Waals surface area contributed by atoms with E-state index in [-0.39, 0.29) is 0 Å². The Kier molecular flexibility index (Phi) is 5.70. The molecule has 1 N–H and O–H groups in total.